The van der Waals surface area contributed by atoms with E-state index in [-0.39, 0.29) is 0 Å². The van der Waals surface area contributed by atoms with Gasteiger partial charge in [-0.1, -0.05) is 35.5 Å². The van der Waals surface area contributed by atoms with Crippen molar-refractivity contribution in [2.45, 2.75) is 5.16 Å². The van der Waals surface area contributed by atoms with E-state index in [0.717, 1.165) is 5.69 Å². The number of para-hydroxylation sites is 1. The lowest BCUT2D eigenvalue weighted by Crippen LogP contribution is -2.06. The van der Waals surface area contributed by atoms with Crippen LogP contribution < -0.4 is 5.32 Å². The quantitative estimate of drug-likeness (QED) is 0.745. The number of thioether (sulfide) groups is 1. The van der Waals surface area contributed by atoms with Crippen LogP contribution in [0.2, 0.25) is 5.02 Å². The van der Waals surface area contributed by atoms with Crippen molar-refractivity contribution in [3.8, 4) is 5.95 Å². The molecule has 1 aromatic carbocycles. The molecule has 0 amide bonds. The number of benzene rings is 1. The number of nitrogens with one attached hydrogen (secondary N) is 1. The van der Waals surface area contributed by atoms with Gasteiger partial charge in [-0.2, -0.15) is 15.0 Å². The highest BCUT2D eigenvalue weighted by Gasteiger charge is 2.09. The summed E-state index contributed by atoms with van der Waals surface area (Å²) in [6, 6.07) is 7.42. The molecular formula is C13H11ClN6S. The van der Waals surface area contributed by atoms with Crippen molar-refractivity contribution in [3.05, 3.63) is 48.0 Å². The van der Waals surface area contributed by atoms with Crippen LogP contribution in [0.1, 0.15) is 0 Å². The third-order valence-electron chi connectivity index (χ3n) is 2.64. The van der Waals surface area contributed by atoms with Crippen molar-refractivity contribution in [1.29, 1.82) is 0 Å². The fourth-order valence-corrected chi connectivity index (χ4v) is 2.20. The molecule has 0 aliphatic carbocycles. The van der Waals surface area contributed by atoms with Gasteiger partial charge in [-0.15, -0.1) is 0 Å². The first-order valence-corrected chi connectivity index (χ1v) is 7.66. The molecule has 0 unspecified atom stereocenters. The summed E-state index contributed by atoms with van der Waals surface area (Å²) in [5.74, 6) is 0.938. The first-order valence-electron chi connectivity index (χ1n) is 6.06. The Balaban J connectivity index is 1.99. The standard InChI is InChI=1S/C13H11ClN6S/c1-21-13-18-11(16-10-5-3-2-4-9(10)14)17-12(19-13)20-7-6-15-8-20/h2-8H,1H3,(H,16,17,18,19). The van der Waals surface area contributed by atoms with Gasteiger partial charge in [0.05, 0.1) is 10.7 Å². The first-order chi connectivity index (χ1) is 10.3. The normalized spacial score (nSPS) is 10.6. The first kappa shape index (κ1) is 13.8. The summed E-state index contributed by atoms with van der Waals surface area (Å²) >= 11 is 7.57. The molecule has 106 valence electrons. The summed E-state index contributed by atoms with van der Waals surface area (Å²) in [6.45, 7) is 0. The Hall–Kier alpha value is -2.12. The molecule has 0 saturated heterocycles. The molecule has 3 aromatic rings. The summed E-state index contributed by atoms with van der Waals surface area (Å²) in [7, 11) is 0. The minimum Gasteiger partial charge on any atom is -0.323 e. The second-order valence-electron chi connectivity index (χ2n) is 4.02. The van der Waals surface area contributed by atoms with Crippen LogP contribution in [-0.4, -0.2) is 30.8 Å². The van der Waals surface area contributed by atoms with Gasteiger partial charge in [-0.3, -0.25) is 4.57 Å². The number of hydrogen-bond acceptors (Lipinski definition) is 6. The number of nitrogens with zero attached hydrogens (tertiary/aromatic N) is 5. The van der Waals surface area contributed by atoms with Crippen LogP contribution in [0.15, 0.2) is 48.1 Å². The highest BCUT2D eigenvalue weighted by molar-refractivity contribution is 7.98. The fraction of sp³-hybridized carbons (Fsp3) is 0.0769. The molecule has 3 rings (SSSR count). The number of anilines is 2. The maximum atomic E-state index is 6.13. The highest BCUT2D eigenvalue weighted by Crippen LogP contribution is 2.24. The predicted molar refractivity (Wildman–Crippen MR) is 83.5 cm³/mol. The number of halogens is 1. The lowest BCUT2D eigenvalue weighted by Gasteiger charge is -2.09. The Bertz CT molecular complexity index is 746. The summed E-state index contributed by atoms with van der Waals surface area (Å²) in [5, 5.41) is 4.33. The molecule has 0 fully saturated rings. The van der Waals surface area contributed by atoms with Gasteiger partial charge >= 0.3 is 0 Å². The van der Waals surface area contributed by atoms with Gasteiger partial charge in [0.15, 0.2) is 5.16 Å². The molecule has 0 aliphatic heterocycles. The molecule has 6 nitrogen and oxygen atoms in total. The van der Waals surface area contributed by atoms with Gasteiger partial charge in [0.1, 0.15) is 6.33 Å². The molecule has 2 heterocycles. The maximum absolute atomic E-state index is 6.13. The molecule has 0 aliphatic rings. The van der Waals surface area contributed by atoms with Crippen molar-refractivity contribution in [2.24, 2.45) is 0 Å². The van der Waals surface area contributed by atoms with Crippen LogP contribution in [0.3, 0.4) is 0 Å². The van der Waals surface area contributed by atoms with Crippen LogP contribution in [0, 0.1) is 0 Å². The zero-order valence-electron chi connectivity index (χ0n) is 11.1. The maximum Gasteiger partial charge on any atom is 0.240 e. The average Bonchev–Trinajstić information content (AvgIpc) is 3.04. The summed E-state index contributed by atoms with van der Waals surface area (Å²) in [4.78, 5) is 17.1. The zero-order chi connectivity index (χ0) is 14.7. The number of imidazole rings is 1. The minimum atomic E-state index is 0.436. The monoisotopic (exact) mass is 318 g/mol. The van der Waals surface area contributed by atoms with E-state index < -0.39 is 0 Å². The van der Waals surface area contributed by atoms with Crippen molar-refractivity contribution >= 4 is 35.0 Å². The van der Waals surface area contributed by atoms with Crippen LogP contribution in [-0.2, 0) is 0 Å². The molecule has 0 saturated carbocycles. The van der Waals surface area contributed by atoms with E-state index in [9.17, 15) is 0 Å². The molecule has 0 radical (unpaired) electrons. The SMILES string of the molecule is CSc1nc(Nc2ccccc2Cl)nc(-n2ccnc2)n1. The highest BCUT2D eigenvalue weighted by atomic mass is 35.5. The van der Waals surface area contributed by atoms with Crippen LogP contribution in [0.4, 0.5) is 11.6 Å². The fourth-order valence-electron chi connectivity index (χ4n) is 1.67. The minimum absolute atomic E-state index is 0.436. The third kappa shape index (κ3) is 3.14. The molecule has 21 heavy (non-hydrogen) atoms. The second kappa shape index (κ2) is 6.11. The predicted octanol–water partition coefficient (Wildman–Crippen LogP) is 3.18. The van der Waals surface area contributed by atoms with Crippen LogP contribution >= 0.6 is 23.4 Å². The van der Waals surface area contributed by atoms with Gasteiger partial charge in [-0.25, -0.2) is 4.98 Å². The number of aromatic nitrogens is 5. The van der Waals surface area contributed by atoms with Crippen LogP contribution in [0.5, 0.6) is 0 Å². The lowest BCUT2D eigenvalue weighted by atomic mass is 10.3. The van der Waals surface area contributed by atoms with Gasteiger partial charge in [0.2, 0.25) is 11.9 Å². The average molecular weight is 319 g/mol. The number of rotatable bonds is 4. The second-order valence-corrected chi connectivity index (χ2v) is 5.20. The van der Waals surface area contributed by atoms with Crippen molar-refractivity contribution in [3.63, 3.8) is 0 Å². The molecule has 2 aromatic heterocycles. The van der Waals surface area contributed by atoms with Crippen molar-refractivity contribution in [1.82, 2.24) is 24.5 Å². The summed E-state index contributed by atoms with van der Waals surface area (Å²) in [5.41, 5.74) is 0.744. The van der Waals surface area contributed by atoms with E-state index in [1.807, 2.05) is 24.5 Å². The van der Waals surface area contributed by atoms with Gasteiger partial charge in [-0.05, 0) is 18.4 Å². The van der Waals surface area contributed by atoms with E-state index in [1.165, 1.54) is 11.8 Å². The Labute approximate surface area is 130 Å². The van der Waals surface area contributed by atoms with Gasteiger partial charge in [0.25, 0.3) is 0 Å². The van der Waals surface area contributed by atoms with E-state index in [2.05, 4.69) is 25.3 Å². The summed E-state index contributed by atoms with van der Waals surface area (Å²) < 4.78 is 1.72. The van der Waals surface area contributed by atoms with Crippen LogP contribution in [0.25, 0.3) is 5.95 Å². The van der Waals surface area contributed by atoms with E-state index in [0.29, 0.717) is 22.1 Å². The Morgan fingerprint density at radius 1 is 1.19 bits per heavy atom. The molecule has 8 heteroatoms. The molecular weight excluding hydrogens is 308 g/mol. The summed E-state index contributed by atoms with van der Waals surface area (Å²) in [6.07, 6.45) is 6.99. The van der Waals surface area contributed by atoms with E-state index >= 15 is 0 Å². The Morgan fingerprint density at radius 3 is 2.76 bits per heavy atom. The van der Waals surface area contributed by atoms with Crippen molar-refractivity contribution < 1.29 is 0 Å². The topological polar surface area (TPSA) is 68.5 Å². The lowest BCUT2D eigenvalue weighted by molar-refractivity contribution is 0.831. The Kier molecular flexibility index (Phi) is 4.03. The molecule has 0 spiro atoms. The smallest absolute Gasteiger partial charge is 0.240 e. The van der Waals surface area contributed by atoms with E-state index in [1.54, 1.807) is 29.4 Å². The Morgan fingerprint density at radius 2 is 2.05 bits per heavy atom. The van der Waals surface area contributed by atoms with E-state index in [4.69, 9.17) is 11.6 Å². The molecule has 0 bridgehead atoms. The van der Waals surface area contributed by atoms with Gasteiger partial charge in [0, 0.05) is 12.4 Å². The van der Waals surface area contributed by atoms with Crippen molar-refractivity contribution in [2.75, 3.05) is 11.6 Å². The third-order valence-corrected chi connectivity index (χ3v) is 3.52. The molecule has 1 N–H and O–H groups in total. The largest absolute Gasteiger partial charge is 0.323 e. The number of hydrogen-bond donors (Lipinski definition) is 1. The van der Waals surface area contributed by atoms with Gasteiger partial charge < -0.3 is 5.32 Å². The zero-order valence-corrected chi connectivity index (χ0v) is 12.6. The molecule has 0 atom stereocenters.